The lowest BCUT2D eigenvalue weighted by Crippen LogP contribution is -2.22. The van der Waals surface area contributed by atoms with Crippen molar-refractivity contribution >= 4 is 6.21 Å². The largest absolute Gasteiger partial charge is 0.400 e. The van der Waals surface area contributed by atoms with Crippen LogP contribution in [0.1, 0.15) is 26.7 Å². The smallest absolute Gasteiger partial charge is 0.105 e. The average Bonchev–Trinajstić information content (AvgIpc) is 2.69. The van der Waals surface area contributed by atoms with E-state index in [4.69, 9.17) is 10.8 Å². The maximum absolute atomic E-state index is 12.4. The minimum absolute atomic E-state index is 0.399. The summed E-state index contributed by atoms with van der Waals surface area (Å²) < 4.78 is 12.4. The predicted octanol–water partition coefficient (Wildman–Crippen LogP) is 4.14. The zero-order valence-electron chi connectivity index (χ0n) is 16.0. The van der Waals surface area contributed by atoms with Crippen LogP contribution in [0.2, 0.25) is 0 Å². The molecule has 3 N–H and O–H groups in total. The number of fused-ring (bicyclic) bond motifs is 1. The first-order valence-electron chi connectivity index (χ1n) is 8.68. The summed E-state index contributed by atoms with van der Waals surface area (Å²) in [6.07, 6.45) is 24.9. The van der Waals surface area contributed by atoms with Crippen molar-refractivity contribution in [2.75, 3.05) is 13.8 Å². The molecule has 0 aromatic rings. The lowest BCUT2D eigenvalue weighted by Gasteiger charge is -2.21. The van der Waals surface area contributed by atoms with E-state index in [1.54, 1.807) is 6.92 Å². The maximum atomic E-state index is 12.4. The highest BCUT2D eigenvalue weighted by atomic mass is 19.1. The van der Waals surface area contributed by atoms with E-state index in [1.165, 1.54) is 5.57 Å². The summed E-state index contributed by atoms with van der Waals surface area (Å²) in [7, 11) is 1.00. The van der Waals surface area contributed by atoms with Gasteiger partial charge in [0.25, 0.3) is 0 Å². The molecule has 0 fully saturated rings. The number of halogens is 1. The van der Waals surface area contributed by atoms with Crippen LogP contribution in [0.5, 0.6) is 0 Å². The lowest BCUT2D eigenvalue weighted by molar-refractivity contribution is 0.399. The molecule has 1 aliphatic heterocycles. The van der Waals surface area contributed by atoms with Crippen molar-refractivity contribution in [3.8, 4) is 12.3 Å². The van der Waals surface area contributed by atoms with Gasteiger partial charge in [-0.25, -0.2) is 4.39 Å². The number of rotatable bonds is 6. The molecule has 3 atom stereocenters. The molecule has 0 amide bonds. The first-order chi connectivity index (χ1) is 12.6. The van der Waals surface area contributed by atoms with Gasteiger partial charge in [-0.1, -0.05) is 48.1 Å². The van der Waals surface area contributed by atoms with Gasteiger partial charge < -0.3 is 10.8 Å². The van der Waals surface area contributed by atoms with Crippen LogP contribution in [0.4, 0.5) is 4.39 Å². The Kier molecular flexibility index (Phi) is 13.8. The number of hydrogen-bond acceptors (Lipinski definition) is 3. The minimum Gasteiger partial charge on any atom is -0.400 e. The van der Waals surface area contributed by atoms with Crippen LogP contribution in [-0.4, -0.2) is 31.1 Å². The molecule has 1 aliphatic carbocycles. The van der Waals surface area contributed by atoms with E-state index < -0.39 is 12.7 Å². The molecule has 1 heterocycles. The third kappa shape index (κ3) is 9.31. The van der Waals surface area contributed by atoms with E-state index in [-0.39, 0.29) is 0 Å². The van der Waals surface area contributed by atoms with Crippen LogP contribution in [0, 0.1) is 24.2 Å². The third-order valence-corrected chi connectivity index (χ3v) is 3.79. The zero-order valence-corrected chi connectivity index (χ0v) is 16.0. The molecule has 0 saturated carbocycles. The van der Waals surface area contributed by atoms with Crippen LogP contribution >= 0.6 is 0 Å². The van der Waals surface area contributed by atoms with E-state index in [1.807, 2.05) is 25.4 Å². The maximum Gasteiger partial charge on any atom is 0.105 e. The molecule has 0 aromatic carbocycles. The van der Waals surface area contributed by atoms with Gasteiger partial charge in [0.05, 0.1) is 0 Å². The second-order valence-electron chi connectivity index (χ2n) is 5.77. The Morgan fingerprint density at radius 3 is 2.73 bits per heavy atom. The number of alkyl halides is 1. The van der Waals surface area contributed by atoms with Crippen molar-refractivity contribution in [2.24, 2.45) is 22.6 Å². The normalized spacial score (nSPS) is 21.6. The molecule has 2 rings (SSSR count). The molecule has 3 unspecified atom stereocenters. The Bertz CT molecular complexity index is 606. The van der Waals surface area contributed by atoms with Crippen molar-refractivity contribution < 1.29 is 9.50 Å². The Morgan fingerprint density at radius 1 is 1.42 bits per heavy atom. The molecule has 26 heavy (non-hydrogen) atoms. The van der Waals surface area contributed by atoms with Crippen molar-refractivity contribution in [2.45, 2.75) is 32.7 Å². The van der Waals surface area contributed by atoms with E-state index >= 15 is 0 Å². The molecule has 0 aromatic heterocycles. The molecule has 0 saturated heterocycles. The van der Waals surface area contributed by atoms with Gasteiger partial charge in [0.2, 0.25) is 0 Å². The molecule has 0 radical (unpaired) electrons. The molecular formula is C22H31FN2O. The third-order valence-electron chi connectivity index (χ3n) is 3.79. The van der Waals surface area contributed by atoms with Crippen molar-refractivity contribution in [3.05, 3.63) is 59.9 Å². The molecule has 3 nitrogen and oxygen atoms in total. The topological polar surface area (TPSA) is 58.6 Å². The van der Waals surface area contributed by atoms with Crippen LogP contribution in [0.3, 0.4) is 0 Å². The van der Waals surface area contributed by atoms with Crippen LogP contribution < -0.4 is 5.73 Å². The Hall–Kier alpha value is -2.22. The summed E-state index contributed by atoms with van der Waals surface area (Å²) in [6.45, 7) is 3.14. The van der Waals surface area contributed by atoms with E-state index in [2.05, 4.69) is 53.8 Å². The number of allylic oxidation sites excluding steroid dienone is 8. The monoisotopic (exact) mass is 358 g/mol. The standard InChI is InChI=1S/C18H23FN2.C3H4.CH4O/c1-2-14(11-18(20)12-19)4-3-5-15-6-7-17-13-21-9-8-16(17)10-15;1-3-2;1-2/h2-4,6-10,13,16-18H,5,11-12,20H2,1H3;1H,2H3;2H,1H3/b4-3-,14-2+;;. The number of aliphatic hydroxyl groups excluding tert-OH is 1. The quantitative estimate of drug-likeness (QED) is 0.554. The van der Waals surface area contributed by atoms with Gasteiger partial charge in [-0.3, -0.25) is 4.99 Å². The predicted molar refractivity (Wildman–Crippen MR) is 111 cm³/mol. The first kappa shape index (κ1) is 23.8. The molecule has 4 heteroatoms. The van der Waals surface area contributed by atoms with Gasteiger partial charge in [-0.2, -0.15) is 0 Å². The molecule has 2 aliphatic rings. The summed E-state index contributed by atoms with van der Waals surface area (Å²) in [6, 6.07) is -0.401. The highest BCUT2D eigenvalue weighted by Gasteiger charge is 2.18. The lowest BCUT2D eigenvalue weighted by atomic mass is 9.84. The fraction of sp³-hybridized carbons (Fsp3) is 0.409. The second kappa shape index (κ2) is 15.1. The van der Waals surface area contributed by atoms with Crippen LogP contribution in [0.25, 0.3) is 0 Å². The number of aliphatic imine (C=N–C) groups is 1. The van der Waals surface area contributed by atoms with E-state index in [9.17, 15) is 4.39 Å². The first-order valence-corrected chi connectivity index (χ1v) is 8.68. The molecule has 142 valence electrons. The van der Waals surface area contributed by atoms with Gasteiger partial charge in [-0.15, -0.1) is 12.3 Å². The SMILES string of the molecule is C#CC.C/C=C(\C=C/CC1=CC2C=CN=CC2C=C1)CC(N)CF.CO. The summed E-state index contributed by atoms with van der Waals surface area (Å²) in [5, 5.41) is 7.00. The summed E-state index contributed by atoms with van der Waals surface area (Å²) in [4.78, 5) is 4.17. The number of nitrogens with zero attached hydrogens (tertiary/aromatic N) is 1. The summed E-state index contributed by atoms with van der Waals surface area (Å²) >= 11 is 0. The minimum atomic E-state index is -0.476. The summed E-state index contributed by atoms with van der Waals surface area (Å²) in [5.74, 6) is 3.08. The number of terminal acetylenes is 1. The fourth-order valence-corrected chi connectivity index (χ4v) is 2.53. The van der Waals surface area contributed by atoms with E-state index in [0.717, 1.165) is 19.1 Å². The van der Waals surface area contributed by atoms with Gasteiger partial charge in [0.15, 0.2) is 0 Å². The average molecular weight is 359 g/mol. The Balaban J connectivity index is 0.00000113. The van der Waals surface area contributed by atoms with Gasteiger partial charge >= 0.3 is 0 Å². The van der Waals surface area contributed by atoms with Crippen LogP contribution in [0.15, 0.2) is 64.9 Å². The van der Waals surface area contributed by atoms with Gasteiger partial charge in [-0.05, 0) is 32.3 Å². The van der Waals surface area contributed by atoms with Gasteiger partial charge in [0, 0.05) is 37.4 Å². The Labute approximate surface area is 157 Å². The zero-order chi connectivity index (χ0) is 19.8. The Morgan fingerprint density at radius 2 is 2.12 bits per heavy atom. The molecule has 0 spiro atoms. The van der Waals surface area contributed by atoms with Crippen molar-refractivity contribution in [3.63, 3.8) is 0 Å². The number of nitrogens with two attached hydrogens (primary N) is 1. The number of hydrogen-bond donors (Lipinski definition) is 2. The highest BCUT2D eigenvalue weighted by molar-refractivity contribution is 5.68. The molecular weight excluding hydrogens is 327 g/mol. The summed E-state index contributed by atoms with van der Waals surface area (Å²) in [5.41, 5.74) is 8.03. The second-order valence-corrected chi connectivity index (χ2v) is 5.77. The van der Waals surface area contributed by atoms with Crippen molar-refractivity contribution in [1.82, 2.24) is 0 Å². The number of aliphatic hydroxyl groups is 1. The highest BCUT2D eigenvalue weighted by Crippen LogP contribution is 2.26. The van der Waals surface area contributed by atoms with E-state index in [0.29, 0.717) is 18.3 Å². The fourth-order valence-electron chi connectivity index (χ4n) is 2.53. The van der Waals surface area contributed by atoms with Crippen LogP contribution in [-0.2, 0) is 0 Å². The molecule has 0 bridgehead atoms. The van der Waals surface area contributed by atoms with Gasteiger partial charge in [0.1, 0.15) is 6.67 Å². The van der Waals surface area contributed by atoms with Crippen molar-refractivity contribution in [1.29, 1.82) is 0 Å².